The Morgan fingerprint density at radius 2 is 2.08 bits per heavy atom. The van der Waals surface area contributed by atoms with Crippen LogP contribution in [0.4, 0.5) is 5.13 Å². The molecule has 2 atom stereocenters. The molecule has 14 nitrogen and oxygen atoms in total. The lowest BCUT2D eigenvalue weighted by molar-refractivity contribution is -0.689. The molecule has 4 rings (SSSR count). The van der Waals surface area contributed by atoms with Crippen molar-refractivity contribution in [2.24, 2.45) is 10.9 Å². The van der Waals surface area contributed by atoms with E-state index in [1.165, 1.54) is 23.9 Å². The molecular weight excluding hydrogens is 512 g/mol. The van der Waals surface area contributed by atoms with Gasteiger partial charge in [-0.05, 0) is 6.92 Å². The van der Waals surface area contributed by atoms with Gasteiger partial charge in [0.1, 0.15) is 18.0 Å². The van der Waals surface area contributed by atoms with E-state index in [0.717, 1.165) is 16.4 Å². The molecule has 2 aromatic rings. The van der Waals surface area contributed by atoms with Gasteiger partial charge in [-0.25, -0.2) is 4.57 Å². The van der Waals surface area contributed by atoms with E-state index in [9.17, 15) is 24.3 Å². The van der Waals surface area contributed by atoms with E-state index in [-0.39, 0.29) is 41.3 Å². The highest BCUT2D eigenvalue weighted by atomic mass is 32.2. The van der Waals surface area contributed by atoms with Crippen molar-refractivity contribution >= 4 is 57.8 Å². The average Bonchev–Trinajstić information content (AvgIpc) is 3.28. The van der Waals surface area contributed by atoms with Crippen LogP contribution in [0.2, 0.25) is 0 Å². The second-order valence-corrected chi connectivity index (χ2v) is 9.43. The van der Waals surface area contributed by atoms with Gasteiger partial charge in [-0.2, -0.15) is 9.36 Å². The van der Waals surface area contributed by atoms with Crippen molar-refractivity contribution in [3.63, 3.8) is 0 Å². The van der Waals surface area contributed by atoms with Crippen LogP contribution in [0, 0.1) is 0 Å². The summed E-state index contributed by atoms with van der Waals surface area (Å²) >= 11 is 2.15. The summed E-state index contributed by atoms with van der Waals surface area (Å²) in [5.41, 5.74) is 11.1. The van der Waals surface area contributed by atoms with Crippen LogP contribution in [0.15, 0.2) is 41.0 Å². The number of carboxylic acid groups (broad SMARTS) is 1. The van der Waals surface area contributed by atoms with E-state index in [2.05, 4.69) is 19.8 Å². The highest BCUT2D eigenvalue weighted by Crippen LogP contribution is 2.40. The minimum atomic E-state index is -1.51. The molecule has 1 fully saturated rings. The number of aliphatic carboxylic acids is 1. The van der Waals surface area contributed by atoms with Crippen LogP contribution in [0.25, 0.3) is 0 Å². The van der Waals surface area contributed by atoms with E-state index >= 15 is 0 Å². The number of aromatic nitrogens is 3. The molecule has 4 heterocycles. The fourth-order valence-electron chi connectivity index (χ4n) is 3.59. The minimum absolute atomic E-state index is 0.0552. The maximum atomic E-state index is 12.9. The monoisotopic (exact) mass is 532 g/mol. The van der Waals surface area contributed by atoms with Gasteiger partial charge in [-0.15, -0.1) is 11.8 Å². The fraction of sp³-hybridized carbons (Fsp3) is 0.300. The lowest BCUT2D eigenvalue weighted by atomic mass is 10.0. The number of β-lactam (4-membered cyclic amide) rings is 1. The standard InChI is InChI=1S/C20H20N8O6S2/c1-2-34-25-11(15-24-20(22)36-26-15)16(30)23-12-17(31)28-13(19(32)33)10(8-35-18(12)28)7-27-5-3-9(4-6-27)14(21)29/h3-6,12,18H,2,7-8H2,1H3,(H5-,21,22,23,24,26,29,30,32,33)/t12?,18-/m0/s1. The topological polar surface area (TPSA) is 210 Å². The number of carbonyl (C=O) groups excluding carboxylic acids is 4. The quantitative estimate of drug-likeness (QED) is 0.132. The lowest BCUT2D eigenvalue weighted by Crippen LogP contribution is -2.71. The minimum Gasteiger partial charge on any atom is -0.543 e. The van der Waals surface area contributed by atoms with Crippen LogP contribution in [-0.4, -0.2) is 67.4 Å². The number of pyridine rings is 1. The first-order valence-electron chi connectivity index (χ1n) is 10.5. The maximum absolute atomic E-state index is 12.9. The van der Waals surface area contributed by atoms with Gasteiger partial charge < -0.3 is 31.5 Å². The molecule has 16 heteroatoms. The molecule has 3 amide bonds. The summed E-state index contributed by atoms with van der Waals surface area (Å²) in [6, 6.07) is 2.00. The smallest absolute Gasteiger partial charge is 0.278 e. The number of oxime groups is 1. The average molecular weight is 533 g/mol. The Kier molecular flexibility index (Phi) is 7.16. The van der Waals surface area contributed by atoms with Gasteiger partial charge in [-0.1, -0.05) is 5.16 Å². The number of nitrogens with two attached hydrogens (primary N) is 2. The number of amides is 3. The summed E-state index contributed by atoms with van der Waals surface area (Å²) < 4.78 is 5.60. The normalized spacial score (nSPS) is 19.4. The van der Waals surface area contributed by atoms with Gasteiger partial charge in [0.25, 0.3) is 11.8 Å². The Morgan fingerprint density at radius 3 is 2.67 bits per heavy atom. The summed E-state index contributed by atoms with van der Waals surface area (Å²) in [7, 11) is 0. The van der Waals surface area contributed by atoms with E-state index in [1.807, 2.05) is 0 Å². The van der Waals surface area contributed by atoms with E-state index in [1.54, 1.807) is 23.9 Å². The van der Waals surface area contributed by atoms with Gasteiger partial charge >= 0.3 is 0 Å². The first kappa shape index (κ1) is 25.1. The molecule has 0 aromatic carbocycles. The second-order valence-electron chi connectivity index (χ2n) is 7.54. The molecule has 5 N–H and O–H groups in total. The van der Waals surface area contributed by atoms with Gasteiger partial charge in [0.05, 0.1) is 17.2 Å². The predicted molar refractivity (Wildman–Crippen MR) is 125 cm³/mol. The van der Waals surface area contributed by atoms with E-state index in [0.29, 0.717) is 11.1 Å². The van der Waals surface area contributed by atoms with Crippen LogP contribution < -0.4 is 26.5 Å². The molecule has 0 radical (unpaired) electrons. The van der Waals surface area contributed by atoms with Crippen molar-refractivity contribution in [3.8, 4) is 0 Å². The Balaban J connectivity index is 1.52. The molecule has 1 saturated heterocycles. The third kappa shape index (κ3) is 4.85. The first-order valence-corrected chi connectivity index (χ1v) is 12.3. The molecule has 2 aliphatic heterocycles. The second kappa shape index (κ2) is 10.3. The van der Waals surface area contributed by atoms with Crippen molar-refractivity contribution in [1.82, 2.24) is 19.6 Å². The number of thioether (sulfide) groups is 1. The van der Waals surface area contributed by atoms with Crippen LogP contribution in [0.1, 0.15) is 23.1 Å². The Labute approximate surface area is 212 Å². The van der Waals surface area contributed by atoms with Crippen molar-refractivity contribution in [2.45, 2.75) is 24.9 Å². The molecule has 0 aliphatic carbocycles. The number of nitrogen functional groups attached to an aromatic ring is 1. The van der Waals surface area contributed by atoms with Gasteiger partial charge in [0.2, 0.25) is 17.4 Å². The molecular formula is C20H20N8O6S2. The number of anilines is 1. The van der Waals surface area contributed by atoms with Crippen molar-refractivity contribution in [3.05, 3.63) is 47.2 Å². The Hall–Kier alpha value is -4.05. The Bertz CT molecular complexity index is 1290. The third-order valence-electron chi connectivity index (χ3n) is 5.23. The van der Waals surface area contributed by atoms with Crippen LogP contribution >= 0.6 is 23.3 Å². The lowest BCUT2D eigenvalue weighted by Gasteiger charge is -2.50. The number of nitrogens with one attached hydrogen (secondary N) is 1. The van der Waals surface area contributed by atoms with Crippen molar-refractivity contribution < 1.29 is 33.7 Å². The molecule has 1 unspecified atom stereocenters. The number of hydrogen-bond acceptors (Lipinski definition) is 12. The van der Waals surface area contributed by atoms with Crippen molar-refractivity contribution in [2.75, 3.05) is 18.1 Å². The molecule has 0 bridgehead atoms. The van der Waals surface area contributed by atoms with E-state index in [4.69, 9.17) is 16.3 Å². The molecule has 2 aliphatic rings. The summed E-state index contributed by atoms with van der Waals surface area (Å²) in [6.45, 7) is 1.99. The number of rotatable bonds is 9. The zero-order valence-corrected chi connectivity index (χ0v) is 20.4. The highest BCUT2D eigenvalue weighted by Gasteiger charge is 2.53. The van der Waals surface area contributed by atoms with E-state index < -0.39 is 35.1 Å². The van der Waals surface area contributed by atoms with Gasteiger partial charge in [-0.3, -0.25) is 19.3 Å². The summed E-state index contributed by atoms with van der Waals surface area (Å²) in [6.07, 6.45) is 3.16. The van der Waals surface area contributed by atoms with Crippen LogP contribution in [0.5, 0.6) is 0 Å². The third-order valence-corrected chi connectivity index (χ3v) is 7.11. The highest BCUT2D eigenvalue weighted by molar-refractivity contribution is 8.00. The molecule has 188 valence electrons. The van der Waals surface area contributed by atoms with Crippen LogP contribution in [0.3, 0.4) is 0 Å². The zero-order valence-electron chi connectivity index (χ0n) is 18.7. The number of primary amides is 1. The number of carbonyl (C=O) groups is 4. The predicted octanol–water partition coefficient (Wildman–Crippen LogP) is -2.65. The Morgan fingerprint density at radius 1 is 1.36 bits per heavy atom. The number of nitrogens with zero attached hydrogens (tertiary/aromatic N) is 5. The largest absolute Gasteiger partial charge is 0.543 e. The number of carboxylic acids is 1. The summed E-state index contributed by atoms with van der Waals surface area (Å²) in [4.78, 5) is 59.1. The van der Waals surface area contributed by atoms with Gasteiger partial charge in [0, 0.05) is 35.0 Å². The number of hydrogen-bond donors (Lipinski definition) is 3. The van der Waals surface area contributed by atoms with Crippen molar-refractivity contribution in [1.29, 1.82) is 0 Å². The summed E-state index contributed by atoms with van der Waals surface area (Å²) in [5.74, 6) is -3.28. The van der Waals surface area contributed by atoms with Gasteiger partial charge in [0.15, 0.2) is 24.1 Å². The molecule has 36 heavy (non-hydrogen) atoms. The summed E-state index contributed by atoms with van der Waals surface area (Å²) in [5, 5.41) is 17.7. The fourth-order valence-corrected chi connectivity index (χ4v) is 5.36. The molecule has 2 aromatic heterocycles. The molecule has 0 spiro atoms. The zero-order chi connectivity index (χ0) is 26.0. The first-order chi connectivity index (χ1) is 17.2. The maximum Gasteiger partial charge on any atom is 0.278 e. The molecule has 0 saturated carbocycles. The SMILES string of the molecule is CCON=C(C(=O)NC1C(=O)N2C(C(=O)[O-])=C(C[n+]3ccc(C(N)=O)cc3)CS[C@@H]12)c1nsc(N)n1. The number of fused-ring (bicyclic) bond motifs is 1. The van der Waals surface area contributed by atoms with Crippen LogP contribution in [-0.2, 0) is 25.8 Å².